The lowest BCUT2D eigenvalue weighted by atomic mass is 10.2. The molecule has 0 spiro atoms. The van der Waals surface area contributed by atoms with Crippen LogP contribution in [-0.2, 0) is 23.2 Å². The van der Waals surface area contributed by atoms with Gasteiger partial charge in [-0.3, -0.25) is 14.9 Å². The van der Waals surface area contributed by atoms with Crippen molar-refractivity contribution in [2.45, 2.75) is 27.3 Å². The molecule has 0 bridgehead atoms. The molecule has 0 saturated heterocycles. The van der Waals surface area contributed by atoms with E-state index in [0.717, 1.165) is 37.7 Å². The standard InChI is InChI=1S/C21H22N6O3S2/c1-11-7-12(2)23-19-18(11)20(26-27(19)4)30-9-17(29)25-21-24-15(10-31-21)16-6-5-14(32-16)8-22-13(3)28/h5-7,10H,8-9H2,1-4H3,(H,22,28)(H,24,25,29). The second-order valence-electron chi connectivity index (χ2n) is 7.26. The van der Waals surface area contributed by atoms with E-state index >= 15 is 0 Å². The number of fused-ring (bicyclic) bond motifs is 1. The Morgan fingerprint density at radius 1 is 1.22 bits per heavy atom. The molecule has 0 aliphatic carbocycles. The first-order valence-corrected chi connectivity index (χ1v) is 11.5. The zero-order valence-corrected chi connectivity index (χ0v) is 19.7. The molecule has 4 aromatic rings. The van der Waals surface area contributed by atoms with Crippen molar-refractivity contribution in [1.29, 1.82) is 0 Å². The van der Waals surface area contributed by atoms with Crippen LogP contribution in [0.4, 0.5) is 5.13 Å². The van der Waals surface area contributed by atoms with Crippen molar-refractivity contribution in [3.63, 3.8) is 0 Å². The highest BCUT2D eigenvalue weighted by molar-refractivity contribution is 7.17. The van der Waals surface area contributed by atoms with Crippen LogP contribution in [0.3, 0.4) is 0 Å². The van der Waals surface area contributed by atoms with Crippen molar-refractivity contribution in [3.05, 3.63) is 39.7 Å². The van der Waals surface area contributed by atoms with E-state index in [1.165, 1.54) is 18.3 Å². The molecular formula is C21H22N6O3S2. The molecular weight excluding hydrogens is 448 g/mol. The van der Waals surface area contributed by atoms with Crippen LogP contribution in [0, 0.1) is 13.8 Å². The van der Waals surface area contributed by atoms with Gasteiger partial charge in [0.25, 0.3) is 5.91 Å². The predicted octanol–water partition coefficient (Wildman–Crippen LogP) is 3.42. The number of nitrogens with zero attached hydrogens (tertiary/aromatic N) is 4. The number of carbonyl (C=O) groups excluding carboxylic acids is 2. The number of hydrogen-bond donors (Lipinski definition) is 2. The van der Waals surface area contributed by atoms with Crippen LogP contribution in [-0.4, -0.2) is 38.2 Å². The first kappa shape index (κ1) is 21.9. The summed E-state index contributed by atoms with van der Waals surface area (Å²) >= 11 is 2.89. The number of thiazole rings is 1. The smallest absolute Gasteiger partial charge is 0.264 e. The zero-order chi connectivity index (χ0) is 22.8. The summed E-state index contributed by atoms with van der Waals surface area (Å²) in [6.07, 6.45) is 0. The fraction of sp³-hybridized carbons (Fsp3) is 0.286. The Morgan fingerprint density at radius 3 is 2.81 bits per heavy atom. The number of hydrogen-bond acceptors (Lipinski definition) is 8. The minimum atomic E-state index is -0.319. The van der Waals surface area contributed by atoms with Crippen LogP contribution in [0.25, 0.3) is 21.6 Å². The highest BCUT2D eigenvalue weighted by Gasteiger charge is 2.16. The molecule has 0 radical (unpaired) electrons. The normalized spacial score (nSPS) is 11.0. The molecule has 4 aromatic heterocycles. The van der Waals surface area contributed by atoms with Gasteiger partial charge in [0.1, 0.15) is 0 Å². The van der Waals surface area contributed by atoms with E-state index in [1.54, 1.807) is 23.1 Å². The third-order valence-electron chi connectivity index (χ3n) is 4.60. The Balaban J connectivity index is 1.38. The SMILES string of the molecule is CC(=O)NCc1ccc(-c2csc(NC(=O)COc3nn(C)c4nc(C)cc(C)c34)n2)s1. The summed E-state index contributed by atoms with van der Waals surface area (Å²) in [6, 6.07) is 5.87. The molecule has 0 atom stereocenters. The van der Waals surface area contributed by atoms with Crippen molar-refractivity contribution in [3.8, 4) is 16.5 Å². The monoisotopic (exact) mass is 470 g/mol. The van der Waals surface area contributed by atoms with Gasteiger partial charge in [0, 0.05) is 29.9 Å². The first-order valence-electron chi connectivity index (χ1n) is 9.83. The molecule has 0 aliphatic rings. The Kier molecular flexibility index (Phi) is 6.19. The third kappa shape index (κ3) is 4.78. The van der Waals surface area contributed by atoms with Crippen LogP contribution in [0.2, 0.25) is 0 Å². The van der Waals surface area contributed by atoms with Gasteiger partial charge in [-0.25, -0.2) is 14.6 Å². The zero-order valence-electron chi connectivity index (χ0n) is 18.1. The molecule has 11 heteroatoms. The van der Waals surface area contributed by atoms with E-state index < -0.39 is 0 Å². The maximum Gasteiger partial charge on any atom is 0.264 e. The van der Waals surface area contributed by atoms with Gasteiger partial charge >= 0.3 is 0 Å². The van der Waals surface area contributed by atoms with Crippen molar-refractivity contribution >= 4 is 50.7 Å². The van der Waals surface area contributed by atoms with E-state index in [1.807, 2.05) is 37.4 Å². The average molecular weight is 471 g/mol. The first-order chi connectivity index (χ1) is 15.3. The van der Waals surface area contributed by atoms with E-state index in [0.29, 0.717) is 17.6 Å². The fourth-order valence-electron chi connectivity index (χ4n) is 3.21. The van der Waals surface area contributed by atoms with E-state index in [9.17, 15) is 9.59 Å². The molecule has 0 aliphatic heterocycles. The Hall–Kier alpha value is -3.31. The number of rotatable bonds is 7. The van der Waals surface area contributed by atoms with Crippen LogP contribution in [0.15, 0.2) is 23.6 Å². The molecule has 9 nitrogen and oxygen atoms in total. The average Bonchev–Trinajstić information content (AvgIpc) is 3.44. The quantitative estimate of drug-likeness (QED) is 0.428. The second-order valence-corrected chi connectivity index (χ2v) is 9.28. The molecule has 0 fully saturated rings. The number of anilines is 1. The van der Waals surface area contributed by atoms with Crippen LogP contribution in [0.1, 0.15) is 23.1 Å². The number of thiophene rings is 1. The fourth-order valence-corrected chi connectivity index (χ4v) is 4.92. The maximum atomic E-state index is 12.4. The number of aryl methyl sites for hydroxylation is 3. The van der Waals surface area contributed by atoms with Crippen molar-refractivity contribution in [2.24, 2.45) is 7.05 Å². The van der Waals surface area contributed by atoms with Gasteiger partial charge in [-0.1, -0.05) is 0 Å². The van der Waals surface area contributed by atoms with Gasteiger partial charge in [-0.05, 0) is 37.6 Å². The number of carbonyl (C=O) groups is 2. The largest absolute Gasteiger partial charge is 0.466 e. The van der Waals surface area contributed by atoms with Crippen molar-refractivity contribution in [1.82, 2.24) is 25.1 Å². The third-order valence-corrected chi connectivity index (χ3v) is 6.47. The summed E-state index contributed by atoms with van der Waals surface area (Å²) in [5.74, 6) is -0.00576. The summed E-state index contributed by atoms with van der Waals surface area (Å²) < 4.78 is 7.35. The molecule has 166 valence electrons. The van der Waals surface area contributed by atoms with Crippen LogP contribution >= 0.6 is 22.7 Å². The second kappa shape index (κ2) is 9.05. The van der Waals surface area contributed by atoms with Gasteiger partial charge in [0.2, 0.25) is 11.8 Å². The van der Waals surface area contributed by atoms with E-state index in [2.05, 4.69) is 25.7 Å². The predicted molar refractivity (Wildman–Crippen MR) is 125 cm³/mol. The molecule has 0 saturated carbocycles. The van der Waals surface area contributed by atoms with Gasteiger partial charge < -0.3 is 10.1 Å². The highest BCUT2D eigenvalue weighted by atomic mass is 32.1. The molecule has 0 unspecified atom stereocenters. The molecule has 32 heavy (non-hydrogen) atoms. The summed E-state index contributed by atoms with van der Waals surface area (Å²) in [6.45, 7) is 5.68. The Morgan fingerprint density at radius 2 is 2.03 bits per heavy atom. The summed E-state index contributed by atoms with van der Waals surface area (Å²) in [7, 11) is 1.80. The van der Waals surface area contributed by atoms with E-state index in [-0.39, 0.29) is 18.4 Å². The van der Waals surface area contributed by atoms with Crippen molar-refractivity contribution < 1.29 is 14.3 Å². The van der Waals surface area contributed by atoms with E-state index in [4.69, 9.17) is 4.74 Å². The Bertz CT molecular complexity index is 1310. The summed E-state index contributed by atoms with van der Waals surface area (Å²) in [5.41, 5.74) is 3.39. The molecule has 4 rings (SSSR count). The van der Waals surface area contributed by atoms with Crippen LogP contribution in [0.5, 0.6) is 5.88 Å². The molecule has 4 heterocycles. The molecule has 0 aromatic carbocycles. The lowest BCUT2D eigenvalue weighted by molar-refractivity contribution is -0.119. The maximum absolute atomic E-state index is 12.4. The Labute approximate surface area is 192 Å². The number of ether oxygens (including phenoxy) is 1. The number of amides is 2. The lowest BCUT2D eigenvalue weighted by Gasteiger charge is -2.04. The minimum Gasteiger partial charge on any atom is -0.466 e. The minimum absolute atomic E-state index is 0.0685. The topological polar surface area (TPSA) is 111 Å². The summed E-state index contributed by atoms with van der Waals surface area (Å²) in [4.78, 5) is 34.5. The van der Waals surface area contributed by atoms with Gasteiger partial charge in [0.15, 0.2) is 17.4 Å². The van der Waals surface area contributed by atoms with Gasteiger partial charge in [-0.2, -0.15) is 0 Å². The molecule has 2 N–H and O–H groups in total. The number of nitrogens with one attached hydrogen (secondary N) is 2. The van der Waals surface area contributed by atoms with Gasteiger partial charge in [0.05, 0.1) is 22.5 Å². The van der Waals surface area contributed by atoms with Crippen LogP contribution < -0.4 is 15.4 Å². The molecule has 2 amide bonds. The van der Waals surface area contributed by atoms with Gasteiger partial charge in [-0.15, -0.1) is 27.8 Å². The summed E-state index contributed by atoms with van der Waals surface area (Å²) in [5, 5.41) is 13.1. The number of aromatic nitrogens is 4. The highest BCUT2D eigenvalue weighted by Crippen LogP contribution is 2.31. The number of pyridine rings is 1. The lowest BCUT2D eigenvalue weighted by Crippen LogP contribution is -2.20. The van der Waals surface area contributed by atoms with Crippen molar-refractivity contribution in [2.75, 3.05) is 11.9 Å².